The van der Waals surface area contributed by atoms with Crippen molar-refractivity contribution < 1.29 is 9.32 Å². The van der Waals surface area contributed by atoms with Crippen LogP contribution in [0.15, 0.2) is 57.9 Å². The number of aryl methyl sites for hydroxylation is 1. The SMILES string of the molecule is CSc1cccc(NC(=O)N(C)CCc2noc(-c3ccc(C)cc3)n2)c1. The topological polar surface area (TPSA) is 71.3 Å². The van der Waals surface area contributed by atoms with Crippen molar-refractivity contribution in [2.45, 2.75) is 18.2 Å². The average molecular weight is 382 g/mol. The number of carbonyl (C=O) groups is 1. The summed E-state index contributed by atoms with van der Waals surface area (Å²) in [5, 5.41) is 6.90. The van der Waals surface area contributed by atoms with Gasteiger partial charge in [0.25, 0.3) is 5.89 Å². The number of amides is 2. The Morgan fingerprint density at radius 3 is 2.74 bits per heavy atom. The summed E-state index contributed by atoms with van der Waals surface area (Å²) in [7, 11) is 1.74. The highest BCUT2D eigenvalue weighted by atomic mass is 32.2. The molecule has 0 bridgehead atoms. The van der Waals surface area contributed by atoms with Crippen LogP contribution < -0.4 is 5.32 Å². The summed E-state index contributed by atoms with van der Waals surface area (Å²) in [4.78, 5) is 19.5. The quantitative estimate of drug-likeness (QED) is 0.637. The molecule has 0 unspecified atom stereocenters. The highest BCUT2D eigenvalue weighted by molar-refractivity contribution is 7.98. The molecule has 1 N–H and O–H groups in total. The smallest absolute Gasteiger partial charge is 0.321 e. The second-order valence-corrected chi connectivity index (χ2v) is 7.10. The molecule has 0 fully saturated rings. The lowest BCUT2D eigenvalue weighted by atomic mass is 10.1. The lowest BCUT2D eigenvalue weighted by Gasteiger charge is -2.17. The first-order valence-corrected chi connectivity index (χ1v) is 9.83. The first kappa shape index (κ1) is 19.0. The standard InChI is InChI=1S/C20H22N4O2S/c1-14-7-9-15(10-8-14)19-22-18(23-26-19)11-12-24(2)20(25)21-16-5-4-6-17(13-16)27-3/h4-10,13H,11-12H2,1-3H3,(H,21,25). The number of aromatic nitrogens is 2. The average Bonchev–Trinajstić information content (AvgIpc) is 3.15. The van der Waals surface area contributed by atoms with Crippen LogP contribution in [0.5, 0.6) is 0 Å². The van der Waals surface area contributed by atoms with Gasteiger partial charge < -0.3 is 14.7 Å². The van der Waals surface area contributed by atoms with Gasteiger partial charge in [0.05, 0.1) is 0 Å². The Hall–Kier alpha value is -2.80. The molecule has 0 aliphatic rings. The van der Waals surface area contributed by atoms with Crippen molar-refractivity contribution in [2.24, 2.45) is 0 Å². The molecule has 2 aromatic carbocycles. The van der Waals surface area contributed by atoms with Crippen molar-refractivity contribution in [1.29, 1.82) is 0 Å². The minimum absolute atomic E-state index is 0.171. The molecular formula is C20H22N4O2S. The van der Waals surface area contributed by atoms with Gasteiger partial charge in [-0.2, -0.15) is 4.98 Å². The van der Waals surface area contributed by atoms with Crippen molar-refractivity contribution in [3.8, 4) is 11.5 Å². The fourth-order valence-electron chi connectivity index (χ4n) is 2.46. The number of rotatable bonds is 6. The minimum atomic E-state index is -0.171. The molecule has 0 saturated carbocycles. The monoisotopic (exact) mass is 382 g/mol. The number of thioether (sulfide) groups is 1. The molecule has 6 nitrogen and oxygen atoms in total. The summed E-state index contributed by atoms with van der Waals surface area (Å²) in [5.41, 5.74) is 2.84. The molecular weight excluding hydrogens is 360 g/mol. The zero-order valence-corrected chi connectivity index (χ0v) is 16.4. The van der Waals surface area contributed by atoms with Crippen molar-refractivity contribution in [3.05, 3.63) is 59.9 Å². The third-order valence-electron chi connectivity index (χ3n) is 4.11. The first-order valence-electron chi connectivity index (χ1n) is 8.61. The van der Waals surface area contributed by atoms with E-state index >= 15 is 0 Å². The molecule has 0 spiro atoms. The van der Waals surface area contributed by atoms with E-state index in [2.05, 4.69) is 15.5 Å². The number of benzene rings is 2. The van der Waals surface area contributed by atoms with Crippen LogP contribution in [0.25, 0.3) is 11.5 Å². The van der Waals surface area contributed by atoms with E-state index in [4.69, 9.17) is 4.52 Å². The maximum atomic E-state index is 12.3. The number of urea groups is 1. The van der Waals surface area contributed by atoms with Crippen LogP contribution in [-0.4, -0.2) is 40.9 Å². The number of anilines is 1. The van der Waals surface area contributed by atoms with E-state index in [0.717, 1.165) is 16.1 Å². The molecule has 0 saturated heterocycles. The highest BCUT2D eigenvalue weighted by Crippen LogP contribution is 2.19. The number of hydrogen-bond acceptors (Lipinski definition) is 5. The molecule has 0 aliphatic carbocycles. The van der Waals surface area contributed by atoms with Crippen LogP contribution in [0, 0.1) is 6.92 Å². The van der Waals surface area contributed by atoms with Crippen LogP contribution in [0.1, 0.15) is 11.4 Å². The third kappa shape index (κ3) is 5.10. The largest absolute Gasteiger partial charge is 0.334 e. The van der Waals surface area contributed by atoms with Gasteiger partial charge in [0, 0.05) is 36.2 Å². The second kappa shape index (κ2) is 8.73. The molecule has 1 aromatic heterocycles. The molecule has 0 radical (unpaired) electrons. The fourth-order valence-corrected chi connectivity index (χ4v) is 2.92. The molecule has 140 valence electrons. The molecule has 1 heterocycles. The van der Waals surface area contributed by atoms with Crippen LogP contribution in [0.4, 0.5) is 10.5 Å². The van der Waals surface area contributed by atoms with E-state index < -0.39 is 0 Å². The Kier molecular flexibility index (Phi) is 6.13. The van der Waals surface area contributed by atoms with Gasteiger partial charge in [-0.25, -0.2) is 4.79 Å². The number of carbonyl (C=O) groups excluding carboxylic acids is 1. The van der Waals surface area contributed by atoms with Gasteiger partial charge in [-0.15, -0.1) is 11.8 Å². The predicted molar refractivity (Wildman–Crippen MR) is 108 cm³/mol. The Morgan fingerprint density at radius 2 is 2.00 bits per heavy atom. The molecule has 7 heteroatoms. The first-order chi connectivity index (χ1) is 13.0. The van der Waals surface area contributed by atoms with Crippen LogP contribution >= 0.6 is 11.8 Å². The number of hydrogen-bond donors (Lipinski definition) is 1. The van der Waals surface area contributed by atoms with Crippen molar-refractivity contribution >= 4 is 23.5 Å². The van der Waals surface area contributed by atoms with Gasteiger partial charge in [-0.3, -0.25) is 0 Å². The lowest BCUT2D eigenvalue weighted by molar-refractivity contribution is 0.222. The van der Waals surface area contributed by atoms with E-state index in [1.54, 1.807) is 23.7 Å². The molecule has 0 atom stereocenters. The van der Waals surface area contributed by atoms with Gasteiger partial charge in [0.2, 0.25) is 0 Å². The number of likely N-dealkylation sites (N-methyl/N-ethyl adjacent to an activating group) is 1. The zero-order chi connectivity index (χ0) is 19.2. The van der Waals surface area contributed by atoms with Gasteiger partial charge in [-0.05, 0) is 43.5 Å². The van der Waals surface area contributed by atoms with Crippen molar-refractivity contribution in [3.63, 3.8) is 0 Å². The Labute approximate surface area is 163 Å². The number of nitrogens with zero attached hydrogens (tertiary/aromatic N) is 3. The number of nitrogens with one attached hydrogen (secondary N) is 1. The summed E-state index contributed by atoms with van der Waals surface area (Å²) in [5.74, 6) is 1.07. The van der Waals surface area contributed by atoms with Crippen LogP contribution in [0.3, 0.4) is 0 Å². The van der Waals surface area contributed by atoms with Gasteiger partial charge in [-0.1, -0.05) is 28.9 Å². The zero-order valence-electron chi connectivity index (χ0n) is 15.6. The Bertz CT molecular complexity index is 908. The lowest BCUT2D eigenvalue weighted by Crippen LogP contribution is -2.33. The summed E-state index contributed by atoms with van der Waals surface area (Å²) in [6.07, 6.45) is 2.52. The molecule has 2 amide bonds. The normalized spacial score (nSPS) is 10.6. The van der Waals surface area contributed by atoms with E-state index in [1.807, 2.05) is 61.7 Å². The van der Waals surface area contributed by atoms with E-state index in [0.29, 0.717) is 24.7 Å². The minimum Gasteiger partial charge on any atom is -0.334 e. The fraction of sp³-hybridized carbons (Fsp3) is 0.250. The maximum Gasteiger partial charge on any atom is 0.321 e. The van der Waals surface area contributed by atoms with Gasteiger partial charge >= 0.3 is 6.03 Å². The maximum absolute atomic E-state index is 12.3. The highest BCUT2D eigenvalue weighted by Gasteiger charge is 2.13. The molecule has 0 aliphatic heterocycles. The summed E-state index contributed by atoms with van der Waals surface area (Å²) in [6.45, 7) is 2.52. The van der Waals surface area contributed by atoms with E-state index in [1.165, 1.54) is 5.56 Å². The summed E-state index contributed by atoms with van der Waals surface area (Å²) in [6, 6.07) is 15.5. The second-order valence-electron chi connectivity index (χ2n) is 6.22. The molecule has 3 rings (SSSR count). The van der Waals surface area contributed by atoms with Crippen molar-refractivity contribution in [1.82, 2.24) is 15.0 Å². The summed E-state index contributed by atoms with van der Waals surface area (Å²) < 4.78 is 5.32. The summed E-state index contributed by atoms with van der Waals surface area (Å²) >= 11 is 1.64. The van der Waals surface area contributed by atoms with E-state index in [-0.39, 0.29) is 6.03 Å². The van der Waals surface area contributed by atoms with Crippen LogP contribution in [-0.2, 0) is 6.42 Å². The van der Waals surface area contributed by atoms with Crippen molar-refractivity contribution in [2.75, 3.05) is 25.2 Å². The molecule has 3 aromatic rings. The predicted octanol–water partition coefficient (Wildman–Crippen LogP) is 4.47. The third-order valence-corrected chi connectivity index (χ3v) is 4.83. The Morgan fingerprint density at radius 1 is 1.22 bits per heavy atom. The Balaban J connectivity index is 1.54. The molecule has 27 heavy (non-hydrogen) atoms. The van der Waals surface area contributed by atoms with Gasteiger partial charge in [0.1, 0.15) is 0 Å². The van der Waals surface area contributed by atoms with E-state index in [9.17, 15) is 4.79 Å². The van der Waals surface area contributed by atoms with Crippen LogP contribution in [0.2, 0.25) is 0 Å². The van der Waals surface area contributed by atoms with Gasteiger partial charge in [0.15, 0.2) is 5.82 Å².